The highest BCUT2D eigenvalue weighted by Crippen LogP contribution is 2.19. The number of nitrogens with one attached hydrogen (secondary N) is 1. The molecule has 0 unspecified atom stereocenters. The van der Waals surface area contributed by atoms with Gasteiger partial charge in [-0.15, -0.1) is 11.3 Å². The minimum absolute atomic E-state index is 0.641. The number of hydrogen-bond acceptors (Lipinski definition) is 5. The van der Waals surface area contributed by atoms with Gasteiger partial charge in [0.05, 0.1) is 29.4 Å². The summed E-state index contributed by atoms with van der Waals surface area (Å²) in [5.41, 5.74) is 2.66. The molecule has 0 atom stereocenters. The molecule has 0 saturated carbocycles. The van der Waals surface area contributed by atoms with E-state index in [0.717, 1.165) is 22.0 Å². The topological polar surface area (TPSA) is 57.9 Å². The first-order valence-corrected chi connectivity index (χ1v) is 6.79. The third-order valence-electron chi connectivity index (χ3n) is 2.70. The first-order chi connectivity index (χ1) is 9.22. The molecule has 0 saturated heterocycles. The van der Waals surface area contributed by atoms with Crippen molar-refractivity contribution in [2.75, 3.05) is 7.11 Å². The number of rotatable bonds is 5. The molecule has 5 heteroatoms. The molecule has 1 N–H and O–H groups in total. The molecule has 98 valence electrons. The van der Waals surface area contributed by atoms with E-state index in [9.17, 15) is 0 Å². The average molecular weight is 273 g/mol. The minimum Gasteiger partial charge on any atom is -0.496 e. The lowest BCUT2D eigenvalue weighted by molar-refractivity contribution is 0.407. The number of hydrogen-bond donors (Lipinski definition) is 1. The molecule has 0 bridgehead atoms. The van der Waals surface area contributed by atoms with Gasteiger partial charge in [-0.1, -0.05) is 0 Å². The summed E-state index contributed by atoms with van der Waals surface area (Å²) >= 11 is 1.65. The fourth-order valence-corrected chi connectivity index (χ4v) is 2.41. The molecule has 0 amide bonds. The molecule has 2 rings (SSSR count). The van der Waals surface area contributed by atoms with Crippen molar-refractivity contribution in [2.24, 2.45) is 0 Å². The quantitative estimate of drug-likeness (QED) is 0.909. The Labute approximate surface area is 116 Å². The summed E-state index contributed by atoms with van der Waals surface area (Å²) in [5.74, 6) is 0.793. The van der Waals surface area contributed by atoms with Gasteiger partial charge in [-0.25, -0.2) is 4.98 Å². The van der Waals surface area contributed by atoms with E-state index in [4.69, 9.17) is 10.00 Å². The number of nitriles is 1. The van der Waals surface area contributed by atoms with Crippen molar-refractivity contribution in [3.05, 3.63) is 45.4 Å². The molecule has 1 aromatic carbocycles. The van der Waals surface area contributed by atoms with E-state index < -0.39 is 0 Å². The SMILES string of the molecule is COc1ccc(C#N)cc1CNCc1csc(C)n1. The summed E-state index contributed by atoms with van der Waals surface area (Å²) in [4.78, 5) is 4.39. The molecule has 0 fully saturated rings. The van der Waals surface area contributed by atoms with Crippen LogP contribution in [-0.2, 0) is 13.1 Å². The first-order valence-electron chi connectivity index (χ1n) is 5.91. The summed E-state index contributed by atoms with van der Waals surface area (Å²) < 4.78 is 5.29. The van der Waals surface area contributed by atoms with E-state index in [1.165, 1.54) is 0 Å². The van der Waals surface area contributed by atoms with Gasteiger partial charge in [0.2, 0.25) is 0 Å². The fourth-order valence-electron chi connectivity index (χ4n) is 1.80. The van der Waals surface area contributed by atoms with E-state index in [2.05, 4.69) is 16.4 Å². The van der Waals surface area contributed by atoms with Crippen LogP contribution in [0.2, 0.25) is 0 Å². The first kappa shape index (κ1) is 13.5. The Bertz CT molecular complexity index is 601. The Morgan fingerprint density at radius 2 is 2.26 bits per heavy atom. The Morgan fingerprint density at radius 3 is 2.89 bits per heavy atom. The number of nitrogens with zero attached hydrogens (tertiary/aromatic N) is 2. The van der Waals surface area contributed by atoms with Crippen LogP contribution in [0.15, 0.2) is 23.6 Å². The molecule has 0 aliphatic rings. The van der Waals surface area contributed by atoms with Gasteiger partial charge in [-0.2, -0.15) is 5.26 Å². The fraction of sp³-hybridized carbons (Fsp3) is 0.286. The van der Waals surface area contributed by atoms with E-state index >= 15 is 0 Å². The summed E-state index contributed by atoms with van der Waals surface area (Å²) in [6, 6.07) is 7.56. The third kappa shape index (κ3) is 3.53. The summed E-state index contributed by atoms with van der Waals surface area (Å²) in [5, 5.41) is 15.3. The molecule has 1 aromatic heterocycles. The highest BCUT2D eigenvalue weighted by Gasteiger charge is 2.05. The van der Waals surface area contributed by atoms with Gasteiger partial charge in [0, 0.05) is 24.0 Å². The molecule has 2 aromatic rings. The predicted octanol–water partition coefficient (Wildman–Crippen LogP) is 2.62. The number of thiazole rings is 1. The largest absolute Gasteiger partial charge is 0.496 e. The zero-order valence-electron chi connectivity index (χ0n) is 10.9. The van der Waals surface area contributed by atoms with Crippen molar-refractivity contribution in [2.45, 2.75) is 20.0 Å². The van der Waals surface area contributed by atoms with Crippen LogP contribution in [0.25, 0.3) is 0 Å². The van der Waals surface area contributed by atoms with Crippen LogP contribution in [0, 0.1) is 18.3 Å². The maximum absolute atomic E-state index is 8.91. The summed E-state index contributed by atoms with van der Waals surface area (Å²) in [7, 11) is 1.63. The number of ether oxygens (including phenoxy) is 1. The van der Waals surface area contributed by atoms with Gasteiger partial charge < -0.3 is 10.1 Å². The van der Waals surface area contributed by atoms with E-state index in [0.29, 0.717) is 18.7 Å². The van der Waals surface area contributed by atoms with Gasteiger partial charge >= 0.3 is 0 Å². The number of benzene rings is 1. The van der Waals surface area contributed by atoms with Crippen molar-refractivity contribution in [1.29, 1.82) is 5.26 Å². The van der Waals surface area contributed by atoms with E-state index in [-0.39, 0.29) is 0 Å². The number of aromatic nitrogens is 1. The molecule has 1 heterocycles. The van der Waals surface area contributed by atoms with Crippen LogP contribution >= 0.6 is 11.3 Å². The molecule has 0 spiro atoms. The van der Waals surface area contributed by atoms with Crippen LogP contribution in [-0.4, -0.2) is 12.1 Å². The second-order valence-electron chi connectivity index (χ2n) is 4.10. The smallest absolute Gasteiger partial charge is 0.123 e. The normalized spacial score (nSPS) is 10.2. The van der Waals surface area contributed by atoms with Crippen LogP contribution in [0.3, 0.4) is 0 Å². The predicted molar refractivity (Wildman–Crippen MR) is 75.1 cm³/mol. The molecule has 4 nitrogen and oxygen atoms in total. The molecular formula is C14H15N3OS. The highest BCUT2D eigenvalue weighted by atomic mass is 32.1. The van der Waals surface area contributed by atoms with Crippen molar-refractivity contribution < 1.29 is 4.74 Å². The molecule has 0 radical (unpaired) electrons. The lowest BCUT2D eigenvalue weighted by Gasteiger charge is -2.09. The molecular weight excluding hydrogens is 258 g/mol. The number of aryl methyl sites for hydroxylation is 1. The lowest BCUT2D eigenvalue weighted by Crippen LogP contribution is -2.13. The van der Waals surface area contributed by atoms with Crippen molar-refractivity contribution in [3.63, 3.8) is 0 Å². The highest BCUT2D eigenvalue weighted by molar-refractivity contribution is 7.09. The van der Waals surface area contributed by atoms with Gasteiger partial charge in [-0.05, 0) is 25.1 Å². The van der Waals surface area contributed by atoms with Gasteiger partial charge in [0.15, 0.2) is 0 Å². The zero-order valence-corrected chi connectivity index (χ0v) is 11.8. The lowest BCUT2D eigenvalue weighted by atomic mass is 10.1. The Morgan fingerprint density at radius 1 is 1.42 bits per heavy atom. The van der Waals surface area contributed by atoms with Crippen molar-refractivity contribution >= 4 is 11.3 Å². The maximum Gasteiger partial charge on any atom is 0.123 e. The third-order valence-corrected chi connectivity index (χ3v) is 3.52. The Kier molecular flexibility index (Phi) is 4.50. The molecule has 0 aliphatic carbocycles. The second kappa shape index (κ2) is 6.32. The Hall–Kier alpha value is -1.90. The standard InChI is InChI=1S/C14H15N3OS/c1-10-17-13(9-19-10)8-16-7-12-5-11(6-15)3-4-14(12)18-2/h3-5,9,16H,7-8H2,1-2H3. The van der Waals surface area contributed by atoms with Crippen LogP contribution in [0.5, 0.6) is 5.75 Å². The van der Waals surface area contributed by atoms with Crippen molar-refractivity contribution in [1.82, 2.24) is 10.3 Å². The van der Waals surface area contributed by atoms with Gasteiger partial charge in [-0.3, -0.25) is 0 Å². The average Bonchev–Trinajstić information content (AvgIpc) is 2.84. The van der Waals surface area contributed by atoms with Gasteiger partial charge in [0.1, 0.15) is 5.75 Å². The maximum atomic E-state index is 8.91. The monoisotopic (exact) mass is 273 g/mol. The van der Waals surface area contributed by atoms with Gasteiger partial charge in [0.25, 0.3) is 0 Å². The molecule has 19 heavy (non-hydrogen) atoms. The van der Waals surface area contributed by atoms with Crippen LogP contribution < -0.4 is 10.1 Å². The van der Waals surface area contributed by atoms with Crippen LogP contribution in [0.4, 0.5) is 0 Å². The number of methoxy groups -OCH3 is 1. The second-order valence-corrected chi connectivity index (χ2v) is 5.16. The minimum atomic E-state index is 0.641. The zero-order chi connectivity index (χ0) is 13.7. The summed E-state index contributed by atoms with van der Waals surface area (Å²) in [6.45, 7) is 3.35. The Balaban J connectivity index is 2.00. The van der Waals surface area contributed by atoms with Crippen molar-refractivity contribution in [3.8, 4) is 11.8 Å². The van der Waals surface area contributed by atoms with Crippen LogP contribution in [0.1, 0.15) is 21.8 Å². The molecule has 0 aliphatic heterocycles. The van der Waals surface area contributed by atoms with E-state index in [1.54, 1.807) is 24.5 Å². The summed E-state index contributed by atoms with van der Waals surface area (Å²) in [6.07, 6.45) is 0. The van der Waals surface area contributed by atoms with E-state index in [1.807, 2.05) is 24.4 Å².